The normalized spacial score (nSPS) is 15.8. The minimum Gasteiger partial charge on any atom is -0.390 e. The molecule has 0 bridgehead atoms. The maximum Gasteiger partial charge on any atom is 0.263 e. The molecule has 0 heterocycles. The average molecular weight is 342 g/mol. The molecule has 2 nitrogen and oxygen atoms in total. The molecule has 1 aliphatic rings. The van der Waals surface area contributed by atoms with E-state index >= 15 is 0 Å². The van der Waals surface area contributed by atoms with Gasteiger partial charge in [-0.2, -0.15) is 0 Å². The Morgan fingerprint density at radius 1 is 1.04 bits per heavy atom. The third kappa shape index (κ3) is 5.12. The van der Waals surface area contributed by atoms with Crippen molar-refractivity contribution in [2.45, 2.75) is 51.1 Å². The van der Waals surface area contributed by atoms with Crippen LogP contribution in [0.1, 0.15) is 66.7 Å². The first-order valence-corrected chi connectivity index (χ1v) is 8.77. The molecule has 1 radical (unpaired) electrons. The molecule has 2 aromatic rings. The van der Waals surface area contributed by atoms with Crippen LogP contribution < -0.4 is 0 Å². The molecule has 0 spiro atoms. The molecule has 0 unspecified atom stereocenters. The minimum absolute atomic E-state index is 0.00707. The van der Waals surface area contributed by atoms with Gasteiger partial charge >= 0.3 is 0 Å². The molecule has 0 aliphatic heterocycles. The number of alkyl halides is 2. The van der Waals surface area contributed by atoms with Gasteiger partial charge in [0.2, 0.25) is 0 Å². The molecule has 0 aromatic heterocycles. The first-order valence-electron chi connectivity index (χ1n) is 8.77. The highest BCUT2D eigenvalue weighted by atomic mass is 19.3. The van der Waals surface area contributed by atoms with Gasteiger partial charge in [-0.1, -0.05) is 66.9 Å². The van der Waals surface area contributed by atoms with Crippen LogP contribution in [-0.4, -0.2) is 6.21 Å². The van der Waals surface area contributed by atoms with Gasteiger partial charge in [-0.15, -0.1) is 0 Å². The van der Waals surface area contributed by atoms with Gasteiger partial charge < -0.3 is 4.84 Å². The summed E-state index contributed by atoms with van der Waals surface area (Å²) in [6.07, 6.45) is 6.91. The lowest BCUT2D eigenvalue weighted by Crippen LogP contribution is -2.04. The number of hydrogen-bond donors (Lipinski definition) is 0. The number of rotatable bonds is 6. The van der Waals surface area contributed by atoms with Crippen molar-refractivity contribution in [1.82, 2.24) is 0 Å². The molecule has 1 aliphatic carbocycles. The van der Waals surface area contributed by atoms with E-state index in [1.165, 1.54) is 49.8 Å². The first-order chi connectivity index (χ1) is 12.2. The SMILES string of the molecule is FC(F)c1cccc(CO/N=[C]\c2ccc(C3CCCCC3)cc2)c1. The Bertz CT molecular complexity index is 691. The molecule has 0 N–H and O–H groups in total. The van der Waals surface area contributed by atoms with Gasteiger partial charge in [-0.25, -0.2) is 8.78 Å². The van der Waals surface area contributed by atoms with Crippen molar-refractivity contribution < 1.29 is 13.6 Å². The summed E-state index contributed by atoms with van der Waals surface area (Å²) in [6.45, 7) is 0.147. The Balaban J connectivity index is 1.51. The monoisotopic (exact) mass is 342 g/mol. The molecular weight excluding hydrogens is 320 g/mol. The summed E-state index contributed by atoms with van der Waals surface area (Å²) in [7, 11) is 0. The van der Waals surface area contributed by atoms with E-state index in [1.807, 2.05) is 12.1 Å². The van der Waals surface area contributed by atoms with Crippen LogP contribution in [0.15, 0.2) is 53.7 Å². The van der Waals surface area contributed by atoms with E-state index in [0.717, 1.165) is 5.56 Å². The lowest BCUT2D eigenvalue weighted by molar-refractivity contribution is 0.130. The van der Waals surface area contributed by atoms with Gasteiger partial charge in [0.25, 0.3) is 6.43 Å². The van der Waals surface area contributed by atoms with Crippen LogP contribution in [0.3, 0.4) is 0 Å². The summed E-state index contributed by atoms with van der Waals surface area (Å²) < 4.78 is 25.3. The van der Waals surface area contributed by atoms with Crippen molar-refractivity contribution in [2.24, 2.45) is 5.16 Å². The second kappa shape index (κ2) is 8.75. The van der Waals surface area contributed by atoms with Gasteiger partial charge in [-0.3, -0.25) is 0 Å². The average Bonchev–Trinajstić information content (AvgIpc) is 2.67. The van der Waals surface area contributed by atoms with Crippen molar-refractivity contribution in [2.75, 3.05) is 0 Å². The zero-order chi connectivity index (χ0) is 17.5. The molecule has 25 heavy (non-hydrogen) atoms. The van der Waals surface area contributed by atoms with Crippen LogP contribution in [0.2, 0.25) is 0 Å². The Hall–Kier alpha value is -2.23. The van der Waals surface area contributed by atoms with Crippen LogP contribution in [0.5, 0.6) is 0 Å². The highest BCUT2D eigenvalue weighted by Crippen LogP contribution is 2.32. The minimum atomic E-state index is -2.47. The van der Waals surface area contributed by atoms with Crippen molar-refractivity contribution in [3.63, 3.8) is 0 Å². The molecule has 1 saturated carbocycles. The number of hydrogen-bond acceptors (Lipinski definition) is 2. The van der Waals surface area contributed by atoms with E-state index in [2.05, 4.69) is 23.5 Å². The number of benzene rings is 2. The maximum absolute atomic E-state index is 12.6. The molecule has 0 atom stereocenters. The summed E-state index contributed by atoms with van der Waals surface area (Å²) in [5.41, 5.74) is 2.89. The lowest BCUT2D eigenvalue weighted by Gasteiger charge is -2.21. The van der Waals surface area contributed by atoms with Crippen molar-refractivity contribution in [3.05, 3.63) is 70.8 Å². The highest BCUT2D eigenvalue weighted by molar-refractivity contribution is 5.79. The van der Waals surface area contributed by atoms with Crippen LogP contribution in [0.4, 0.5) is 8.78 Å². The largest absolute Gasteiger partial charge is 0.390 e. The van der Waals surface area contributed by atoms with E-state index in [1.54, 1.807) is 12.1 Å². The topological polar surface area (TPSA) is 21.6 Å². The van der Waals surface area contributed by atoms with Crippen molar-refractivity contribution >= 4 is 6.21 Å². The summed E-state index contributed by atoms with van der Waals surface area (Å²) in [5, 5.41) is 3.82. The summed E-state index contributed by atoms with van der Waals surface area (Å²) >= 11 is 0. The molecule has 1 fully saturated rings. The predicted octanol–water partition coefficient (Wildman–Crippen LogP) is 6.10. The van der Waals surface area contributed by atoms with Crippen LogP contribution >= 0.6 is 0 Å². The Morgan fingerprint density at radius 3 is 2.52 bits per heavy atom. The van der Waals surface area contributed by atoms with Gasteiger partial charge in [0.1, 0.15) is 12.8 Å². The Kier molecular flexibility index (Phi) is 6.15. The van der Waals surface area contributed by atoms with Gasteiger partial charge in [0.15, 0.2) is 0 Å². The molecule has 131 valence electrons. The smallest absolute Gasteiger partial charge is 0.263 e. The fourth-order valence-corrected chi connectivity index (χ4v) is 3.28. The van der Waals surface area contributed by atoms with E-state index in [-0.39, 0.29) is 12.2 Å². The predicted molar refractivity (Wildman–Crippen MR) is 95.0 cm³/mol. The van der Waals surface area contributed by atoms with Gasteiger partial charge in [-0.05, 0) is 36.0 Å². The summed E-state index contributed by atoms with van der Waals surface area (Å²) in [5.74, 6) is 0.679. The van der Waals surface area contributed by atoms with Gasteiger partial charge in [0.05, 0.1) is 0 Å². The summed E-state index contributed by atoms with van der Waals surface area (Å²) in [6, 6.07) is 14.4. The van der Waals surface area contributed by atoms with E-state index in [0.29, 0.717) is 11.5 Å². The zero-order valence-electron chi connectivity index (χ0n) is 14.1. The van der Waals surface area contributed by atoms with Gasteiger partial charge in [0, 0.05) is 11.1 Å². The molecule has 2 aromatic carbocycles. The van der Waals surface area contributed by atoms with E-state index < -0.39 is 6.43 Å². The molecule has 0 amide bonds. The van der Waals surface area contributed by atoms with Crippen molar-refractivity contribution in [1.29, 1.82) is 0 Å². The van der Waals surface area contributed by atoms with Crippen LogP contribution in [-0.2, 0) is 11.4 Å². The molecule has 3 rings (SSSR count). The Labute approximate surface area is 147 Å². The Morgan fingerprint density at radius 2 is 1.80 bits per heavy atom. The van der Waals surface area contributed by atoms with Crippen molar-refractivity contribution in [3.8, 4) is 0 Å². The van der Waals surface area contributed by atoms with Crippen LogP contribution in [0, 0.1) is 0 Å². The fraction of sp³-hybridized carbons (Fsp3) is 0.381. The number of halogens is 2. The quantitative estimate of drug-likeness (QED) is 0.459. The second-order valence-electron chi connectivity index (χ2n) is 6.48. The third-order valence-electron chi connectivity index (χ3n) is 4.66. The standard InChI is InChI=1S/C21H22F2NO/c22-21(23)20-8-4-5-17(13-20)15-25-24-14-16-9-11-19(12-10-16)18-6-2-1-3-7-18/h4-5,8-13,18,21H,1-3,6-7,15H2. The summed E-state index contributed by atoms with van der Waals surface area (Å²) in [4.78, 5) is 5.17. The zero-order valence-corrected chi connectivity index (χ0v) is 14.1. The van der Waals surface area contributed by atoms with E-state index in [9.17, 15) is 8.78 Å². The van der Waals surface area contributed by atoms with Crippen LogP contribution in [0.25, 0.3) is 0 Å². The first kappa shape index (κ1) is 17.6. The van der Waals surface area contributed by atoms with E-state index in [4.69, 9.17) is 4.84 Å². The second-order valence-corrected chi connectivity index (χ2v) is 6.48. The molecular formula is C21H22F2NO. The molecule has 0 saturated heterocycles. The molecule has 4 heteroatoms. The highest BCUT2D eigenvalue weighted by Gasteiger charge is 2.14. The number of nitrogens with zero attached hydrogens (tertiary/aromatic N) is 1. The third-order valence-corrected chi connectivity index (χ3v) is 4.66. The fourth-order valence-electron chi connectivity index (χ4n) is 3.28. The maximum atomic E-state index is 12.6. The lowest BCUT2D eigenvalue weighted by atomic mass is 9.84.